The molecule has 0 aliphatic rings. The normalized spacial score (nSPS) is 8.27. The third-order valence-electron chi connectivity index (χ3n) is 0.769. The fourth-order valence-electron chi connectivity index (χ4n) is 0.261. The minimum atomic E-state index is -0.954. The molecule has 94 valence electrons. The second kappa shape index (κ2) is 19.0. The van der Waals surface area contributed by atoms with Crippen LogP contribution in [0, 0.1) is 0 Å². The molecule has 0 rings (SSSR count). The predicted octanol–water partition coefficient (Wildman–Crippen LogP) is -1.10. The molecule has 4 N–H and O–H groups in total. The van der Waals surface area contributed by atoms with Crippen molar-refractivity contribution >= 4 is 5.97 Å². The van der Waals surface area contributed by atoms with Crippen LogP contribution in [-0.4, -0.2) is 58.9 Å². The Morgan fingerprint density at radius 2 is 1.53 bits per heavy atom. The Balaban J connectivity index is -0.000000153. The zero-order chi connectivity index (χ0) is 12.7. The number of aliphatic hydroxyl groups is 4. The zero-order valence-corrected chi connectivity index (χ0v) is 9.51. The summed E-state index contributed by atoms with van der Waals surface area (Å²) in [5, 5.41) is 31.6. The van der Waals surface area contributed by atoms with Crippen molar-refractivity contribution in [2.45, 2.75) is 26.9 Å². The van der Waals surface area contributed by atoms with E-state index in [0.717, 1.165) is 0 Å². The van der Waals surface area contributed by atoms with Gasteiger partial charge in [0.1, 0.15) is 6.10 Å². The number of carbonyl (C=O) groups is 1. The predicted molar refractivity (Wildman–Crippen MR) is 55.2 cm³/mol. The summed E-state index contributed by atoms with van der Waals surface area (Å²) in [6.45, 7) is 4.85. The third kappa shape index (κ3) is 42.8. The molecule has 0 heterocycles. The van der Waals surface area contributed by atoms with Gasteiger partial charge in [-0.25, -0.2) is 0 Å². The van der Waals surface area contributed by atoms with Gasteiger partial charge in [0.15, 0.2) is 0 Å². The van der Waals surface area contributed by atoms with E-state index in [4.69, 9.17) is 20.4 Å². The number of rotatable bonds is 3. The van der Waals surface area contributed by atoms with E-state index in [-0.39, 0.29) is 25.8 Å². The van der Waals surface area contributed by atoms with Gasteiger partial charge in [-0.3, -0.25) is 4.79 Å². The molecule has 0 saturated carbocycles. The maximum Gasteiger partial charge on any atom is 0.302 e. The summed E-state index contributed by atoms with van der Waals surface area (Å²) < 4.78 is 4.40. The van der Waals surface area contributed by atoms with Crippen LogP contribution in [0.3, 0.4) is 0 Å². The molecule has 0 aromatic carbocycles. The Morgan fingerprint density at radius 3 is 1.53 bits per heavy atom. The molecule has 0 saturated heterocycles. The van der Waals surface area contributed by atoms with Gasteiger partial charge in [0, 0.05) is 13.5 Å². The summed E-state index contributed by atoms with van der Waals surface area (Å²) in [5.74, 6) is -0.211. The van der Waals surface area contributed by atoms with Gasteiger partial charge in [0.05, 0.1) is 19.8 Å². The van der Waals surface area contributed by atoms with Crippen LogP contribution in [0.1, 0.15) is 20.8 Å². The average Bonchev–Trinajstić information content (AvgIpc) is 2.18. The lowest BCUT2D eigenvalue weighted by molar-refractivity contribution is -0.140. The molecule has 15 heavy (non-hydrogen) atoms. The topological polar surface area (TPSA) is 107 Å². The van der Waals surface area contributed by atoms with Crippen molar-refractivity contribution in [3.05, 3.63) is 0 Å². The molecule has 0 aromatic rings. The first-order valence-corrected chi connectivity index (χ1v) is 4.63. The second-order valence-electron chi connectivity index (χ2n) is 2.26. The van der Waals surface area contributed by atoms with Gasteiger partial charge >= 0.3 is 5.97 Å². The number of ether oxygens (including phenoxy) is 1. The standard InChI is InChI=1S/C4H8O2.C3H8O3.C2H6O/c1-3-6-4(2)5;4-1-3(6)2-5;1-2-3/h3H2,1-2H3;3-6H,1-2H2;3H,2H2,1H3. The molecule has 0 aliphatic heterocycles. The van der Waals surface area contributed by atoms with E-state index in [2.05, 4.69) is 4.74 Å². The van der Waals surface area contributed by atoms with Crippen LogP contribution in [0.15, 0.2) is 0 Å². The van der Waals surface area contributed by atoms with Crippen LogP contribution < -0.4 is 0 Å². The van der Waals surface area contributed by atoms with Gasteiger partial charge in [-0.1, -0.05) is 0 Å². The largest absolute Gasteiger partial charge is 0.466 e. The van der Waals surface area contributed by atoms with E-state index < -0.39 is 6.10 Å². The van der Waals surface area contributed by atoms with E-state index in [1.165, 1.54) is 6.92 Å². The van der Waals surface area contributed by atoms with Gasteiger partial charge in [-0.15, -0.1) is 0 Å². The molecule has 6 heteroatoms. The van der Waals surface area contributed by atoms with E-state index in [1.807, 2.05) is 0 Å². The molecule has 0 spiro atoms. The Hall–Kier alpha value is -0.690. The molecular formula is C9H22O6. The Morgan fingerprint density at radius 1 is 1.20 bits per heavy atom. The van der Waals surface area contributed by atoms with Crippen molar-refractivity contribution in [3.8, 4) is 0 Å². The van der Waals surface area contributed by atoms with Crippen LogP contribution in [0.5, 0.6) is 0 Å². The summed E-state index contributed by atoms with van der Waals surface area (Å²) in [6, 6.07) is 0. The molecule has 0 aliphatic carbocycles. The Bertz CT molecular complexity index is 113. The monoisotopic (exact) mass is 226 g/mol. The fourth-order valence-corrected chi connectivity index (χ4v) is 0.261. The minimum absolute atomic E-state index is 0.211. The van der Waals surface area contributed by atoms with Crippen molar-refractivity contribution in [2.75, 3.05) is 26.4 Å². The van der Waals surface area contributed by atoms with Crippen LogP contribution in [0.25, 0.3) is 0 Å². The van der Waals surface area contributed by atoms with Gasteiger partial charge in [0.25, 0.3) is 0 Å². The molecule has 0 aromatic heterocycles. The van der Waals surface area contributed by atoms with Crippen LogP contribution in [0.4, 0.5) is 0 Å². The molecule has 0 fully saturated rings. The number of aliphatic hydroxyl groups excluding tert-OH is 4. The maximum absolute atomic E-state index is 9.82. The summed E-state index contributed by atoms with van der Waals surface area (Å²) in [5.41, 5.74) is 0. The molecular weight excluding hydrogens is 204 g/mol. The van der Waals surface area contributed by atoms with Crippen LogP contribution in [0.2, 0.25) is 0 Å². The highest BCUT2D eigenvalue weighted by Gasteiger charge is 1.93. The lowest BCUT2D eigenvalue weighted by Crippen LogP contribution is -2.15. The highest BCUT2D eigenvalue weighted by Crippen LogP contribution is 1.71. The summed E-state index contributed by atoms with van der Waals surface area (Å²) in [6.07, 6.45) is -0.954. The first-order chi connectivity index (χ1) is 6.99. The third-order valence-corrected chi connectivity index (χ3v) is 0.769. The highest BCUT2D eigenvalue weighted by molar-refractivity contribution is 5.65. The van der Waals surface area contributed by atoms with E-state index in [0.29, 0.717) is 6.61 Å². The maximum atomic E-state index is 9.82. The van der Waals surface area contributed by atoms with Gasteiger partial charge in [-0.05, 0) is 13.8 Å². The average molecular weight is 226 g/mol. The molecule has 0 bridgehead atoms. The SMILES string of the molecule is CCO.CCOC(C)=O.OCC(O)CO. The molecule has 0 atom stereocenters. The fraction of sp³-hybridized carbons (Fsp3) is 0.889. The second-order valence-corrected chi connectivity index (χ2v) is 2.26. The summed E-state index contributed by atoms with van der Waals surface area (Å²) in [4.78, 5) is 9.82. The van der Waals surface area contributed by atoms with Crippen molar-refractivity contribution in [1.82, 2.24) is 0 Å². The smallest absolute Gasteiger partial charge is 0.302 e. The number of hydrogen-bond donors (Lipinski definition) is 4. The van der Waals surface area contributed by atoms with E-state index in [9.17, 15) is 4.79 Å². The summed E-state index contributed by atoms with van der Waals surface area (Å²) >= 11 is 0. The van der Waals surface area contributed by atoms with Crippen molar-refractivity contribution in [2.24, 2.45) is 0 Å². The molecule has 0 unspecified atom stereocenters. The van der Waals surface area contributed by atoms with E-state index in [1.54, 1.807) is 13.8 Å². The zero-order valence-electron chi connectivity index (χ0n) is 9.51. The molecule has 0 amide bonds. The van der Waals surface area contributed by atoms with Crippen molar-refractivity contribution in [3.63, 3.8) is 0 Å². The van der Waals surface area contributed by atoms with Crippen LogP contribution >= 0.6 is 0 Å². The summed E-state index contributed by atoms with van der Waals surface area (Å²) in [7, 11) is 0. The van der Waals surface area contributed by atoms with E-state index >= 15 is 0 Å². The van der Waals surface area contributed by atoms with Gasteiger partial charge in [0.2, 0.25) is 0 Å². The van der Waals surface area contributed by atoms with Gasteiger partial charge in [-0.2, -0.15) is 0 Å². The number of hydrogen-bond acceptors (Lipinski definition) is 6. The lowest BCUT2D eigenvalue weighted by Gasteiger charge is -1.96. The first kappa shape index (κ1) is 19.8. The highest BCUT2D eigenvalue weighted by atomic mass is 16.5. The molecule has 6 nitrogen and oxygen atoms in total. The Kier molecular flexibility index (Phi) is 25.1. The lowest BCUT2D eigenvalue weighted by atomic mass is 10.4. The van der Waals surface area contributed by atoms with Crippen molar-refractivity contribution < 1.29 is 30.0 Å². The molecule has 0 radical (unpaired) electrons. The van der Waals surface area contributed by atoms with Crippen molar-refractivity contribution in [1.29, 1.82) is 0 Å². The van der Waals surface area contributed by atoms with Gasteiger partial charge < -0.3 is 25.2 Å². The van der Waals surface area contributed by atoms with Crippen LogP contribution in [-0.2, 0) is 9.53 Å². The quantitative estimate of drug-likeness (QED) is 0.455. The Labute approximate surface area is 90.1 Å². The first-order valence-electron chi connectivity index (χ1n) is 4.63. The minimum Gasteiger partial charge on any atom is -0.466 e. The number of esters is 1. The number of carbonyl (C=O) groups excluding carboxylic acids is 1.